The molecule has 6 heteroatoms. The van der Waals surface area contributed by atoms with Gasteiger partial charge >= 0.3 is 0 Å². The third-order valence-corrected chi connectivity index (χ3v) is 4.65. The van der Waals surface area contributed by atoms with Crippen molar-refractivity contribution in [2.75, 3.05) is 46.5 Å². The summed E-state index contributed by atoms with van der Waals surface area (Å²) in [6, 6.07) is 7.59. The van der Waals surface area contributed by atoms with E-state index in [1.165, 1.54) is 0 Å². The van der Waals surface area contributed by atoms with Gasteiger partial charge in [-0.15, -0.1) is 0 Å². The van der Waals surface area contributed by atoms with Crippen LogP contribution < -0.4 is 10.1 Å². The predicted molar refractivity (Wildman–Crippen MR) is 96.7 cm³/mol. The Bertz CT molecular complexity index is 542. The van der Waals surface area contributed by atoms with Gasteiger partial charge < -0.3 is 19.9 Å². The molecule has 0 spiro atoms. The van der Waals surface area contributed by atoms with Crippen molar-refractivity contribution in [3.8, 4) is 5.75 Å². The minimum atomic E-state index is -0.848. The molecule has 1 fully saturated rings. The van der Waals surface area contributed by atoms with Crippen LogP contribution in [-0.2, 0) is 15.1 Å². The first-order chi connectivity index (χ1) is 12.1. The normalized spacial score (nSPS) is 17.2. The number of hydrogen-bond acceptors (Lipinski definition) is 5. The number of ether oxygens (including phenoxy) is 2. The van der Waals surface area contributed by atoms with E-state index in [4.69, 9.17) is 9.47 Å². The Morgan fingerprint density at radius 2 is 2.12 bits per heavy atom. The molecule has 140 valence electrons. The zero-order valence-corrected chi connectivity index (χ0v) is 15.3. The lowest BCUT2D eigenvalue weighted by Gasteiger charge is -2.38. The van der Waals surface area contributed by atoms with Gasteiger partial charge in [0.25, 0.3) is 0 Å². The molecule has 0 bridgehead atoms. The van der Waals surface area contributed by atoms with Gasteiger partial charge in [-0.05, 0) is 43.9 Å². The van der Waals surface area contributed by atoms with Crippen molar-refractivity contribution >= 4 is 5.91 Å². The molecule has 2 N–H and O–H groups in total. The van der Waals surface area contributed by atoms with E-state index in [0.29, 0.717) is 52.2 Å². The Balaban J connectivity index is 1.76. The summed E-state index contributed by atoms with van der Waals surface area (Å²) in [5.74, 6) is 0.781. The minimum Gasteiger partial charge on any atom is -0.497 e. The Kier molecular flexibility index (Phi) is 7.68. The lowest BCUT2D eigenvalue weighted by Crippen LogP contribution is -2.46. The number of methoxy groups -OCH3 is 1. The van der Waals surface area contributed by atoms with E-state index in [2.05, 4.69) is 10.2 Å². The Labute approximate surface area is 150 Å². The van der Waals surface area contributed by atoms with Crippen LogP contribution in [0.2, 0.25) is 0 Å². The highest BCUT2D eigenvalue weighted by Crippen LogP contribution is 2.34. The number of likely N-dealkylation sites (tertiary alicyclic amines) is 1. The van der Waals surface area contributed by atoms with Crippen LogP contribution in [0.1, 0.15) is 31.7 Å². The van der Waals surface area contributed by atoms with Crippen molar-refractivity contribution < 1.29 is 19.4 Å². The van der Waals surface area contributed by atoms with Gasteiger partial charge in [-0.1, -0.05) is 12.1 Å². The van der Waals surface area contributed by atoms with E-state index in [-0.39, 0.29) is 5.91 Å². The first-order valence-electron chi connectivity index (χ1n) is 9.01. The van der Waals surface area contributed by atoms with Crippen LogP contribution in [0.5, 0.6) is 5.75 Å². The van der Waals surface area contributed by atoms with Gasteiger partial charge in [-0.2, -0.15) is 0 Å². The minimum absolute atomic E-state index is 0.0309. The number of rotatable bonds is 9. The van der Waals surface area contributed by atoms with E-state index >= 15 is 0 Å². The molecule has 1 aromatic rings. The molecular weight excluding hydrogens is 320 g/mol. The Hall–Kier alpha value is -1.63. The zero-order chi connectivity index (χ0) is 18.1. The molecule has 2 rings (SSSR count). The summed E-state index contributed by atoms with van der Waals surface area (Å²) in [6.45, 7) is 5.75. The molecule has 1 amide bonds. The van der Waals surface area contributed by atoms with Crippen molar-refractivity contribution in [1.82, 2.24) is 10.2 Å². The van der Waals surface area contributed by atoms with Crippen LogP contribution in [0.25, 0.3) is 0 Å². The molecule has 0 aliphatic carbocycles. The number of carbonyl (C=O) groups excluding carboxylic acids is 1. The van der Waals surface area contributed by atoms with Gasteiger partial charge in [-0.3, -0.25) is 9.69 Å². The molecule has 1 aliphatic rings. The quantitative estimate of drug-likeness (QED) is 0.661. The lowest BCUT2D eigenvalue weighted by atomic mass is 9.84. The van der Waals surface area contributed by atoms with Crippen molar-refractivity contribution in [3.63, 3.8) is 0 Å². The summed E-state index contributed by atoms with van der Waals surface area (Å²) < 4.78 is 10.5. The number of nitrogens with one attached hydrogen (secondary N) is 1. The van der Waals surface area contributed by atoms with Crippen LogP contribution in [0, 0.1) is 0 Å². The predicted octanol–water partition coefficient (Wildman–Crippen LogP) is 1.52. The monoisotopic (exact) mass is 350 g/mol. The third kappa shape index (κ3) is 5.99. The summed E-state index contributed by atoms with van der Waals surface area (Å²) in [4.78, 5) is 14.1. The fourth-order valence-corrected chi connectivity index (χ4v) is 3.09. The lowest BCUT2D eigenvalue weighted by molar-refractivity contribution is -0.123. The first kappa shape index (κ1) is 19.7. The molecule has 1 saturated heterocycles. The van der Waals surface area contributed by atoms with E-state index in [0.717, 1.165) is 17.7 Å². The van der Waals surface area contributed by atoms with E-state index in [1.54, 1.807) is 7.11 Å². The summed E-state index contributed by atoms with van der Waals surface area (Å²) in [5, 5.41) is 13.9. The molecule has 6 nitrogen and oxygen atoms in total. The smallest absolute Gasteiger partial charge is 0.234 e. The number of benzene rings is 1. The van der Waals surface area contributed by atoms with Crippen LogP contribution in [-0.4, -0.2) is 62.4 Å². The summed E-state index contributed by atoms with van der Waals surface area (Å²) in [6.07, 6.45) is 2.05. The van der Waals surface area contributed by atoms with Crippen molar-refractivity contribution in [1.29, 1.82) is 0 Å². The molecule has 1 aromatic carbocycles. The Morgan fingerprint density at radius 3 is 2.80 bits per heavy atom. The summed E-state index contributed by atoms with van der Waals surface area (Å²) in [5.41, 5.74) is 0.0332. The number of aliphatic hydroxyl groups is 1. The molecule has 1 heterocycles. The molecule has 1 aliphatic heterocycles. The second kappa shape index (κ2) is 9.75. The van der Waals surface area contributed by atoms with Gasteiger partial charge in [0, 0.05) is 32.8 Å². The second-order valence-electron chi connectivity index (χ2n) is 6.44. The molecule has 0 unspecified atom stereocenters. The van der Waals surface area contributed by atoms with Gasteiger partial charge in [0.15, 0.2) is 0 Å². The van der Waals surface area contributed by atoms with Crippen LogP contribution in [0.3, 0.4) is 0 Å². The molecule has 0 radical (unpaired) electrons. The maximum absolute atomic E-state index is 12.0. The summed E-state index contributed by atoms with van der Waals surface area (Å²) >= 11 is 0. The fourth-order valence-electron chi connectivity index (χ4n) is 3.09. The average molecular weight is 350 g/mol. The number of carbonyl (C=O) groups is 1. The van der Waals surface area contributed by atoms with Gasteiger partial charge in [0.1, 0.15) is 5.75 Å². The number of piperidine rings is 1. The Morgan fingerprint density at radius 1 is 1.36 bits per heavy atom. The van der Waals surface area contributed by atoms with Crippen molar-refractivity contribution in [3.05, 3.63) is 29.8 Å². The zero-order valence-electron chi connectivity index (χ0n) is 15.3. The van der Waals surface area contributed by atoms with Crippen LogP contribution in [0.4, 0.5) is 0 Å². The van der Waals surface area contributed by atoms with Crippen LogP contribution in [0.15, 0.2) is 24.3 Å². The molecule has 0 atom stereocenters. The maximum atomic E-state index is 12.0. The SMILES string of the molecule is CCOCCCNC(=O)CN1CCC(O)(c2cccc(OC)c2)CC1. The summed E-state index contributed by atoms with van der Waals surface area (Å²) in [7, 11) is 1.62. The highest BCUT2D eigenvalue weighted by Gasteiger charge is 2.34. The maximum Gasteiger partial charge on any atom is 0.234 e. The molecule has 0 saturated carbocycles. The van der Waals surface area contributed by atoms with Crippen LogP contribution >= 0.6 is 0 Å². The molecule has 0 aromatic heterocycles. The van der Waals surface area contributed by atoms with Gasteiger partial charge in [-0.25, -0.2) is 0 Å². The molecule has 25 heavy (non-hydrogen) atoms. The van der Waals surface area contributed by atoms with Gasteiger partial charge in [0.2, 0.25) is 5.91 Å². The first-order valence-corrected chi connectivity index (χ1v) is 9.01. The average Bonchev–Trinajstić information content (AvgIpc) is 2.63. The van der Waals surface area contributed by atoms with Crippen molar-refractivity contribution in [2.24, 2.45) is 0 Å². The standard InChI is InChI=1S/C19H30N2O4/c1-3-25-13-5-10-20-18(22)15-21-11-8-19(23,9-12-21)16-6-4-7-17(14-16)24-2/h4,6-7,14,23H,3,5,8-13,15H2,1-2H3,(H,20,22). The number of amides is 1. The van der Waals surface area contributed by atoms with E-state index in [9.17, 15) is 9.90 Å². The highest BCUT2D eigenvalue weighted by molar-refractivity contribution is 5.77. The number of hydrogen-bond donors (Lipinski definition) is 2. The molecular formula is C19H30N2O4. The van der Waals surface area contributed by atoms with Crippen molar-refractivity contribution in [2.45, 2.75) is 31.8 Å². The fraction of sp³-hybridized carbons (Fsp3) is 0.632. The van der Waals surface area contributed by atoms with Gasteiger partial charge in [0.05, 0.1) is 19.3 Å². The highest BCUT2D eigenvalue weighted by atomic mass is 16.5. The largest absolute Gasteiger partial charge is 0.497 e. The van der Waals surface area contributed by atoms with E-state index in [1.807, 2.05) is 31.2 Å². The third-order valence-electron chi connectivity index (χ3n) is 4.65. The topological polar surface area (TPSA) is 71.0 Å². The van der Waals surface area contributed by atoms with E-state index < -0.39 is 5.60 Å². The second-order valence-corrected chi connectivity index (χ2v) is 6.44. The number of nitrogens with zero attached hydrogens (tertiary/aromatic N) is 1.